The van der Waals surface area contributed by atoms with Gasteiger partial charge in [-0.25, -0.2) is 4.39 Å². The van der Waals surface area contributed by atoms with Crippen LogP contribution >= 0.6 is 35.6 Å². The van der Waals surface area contributed by atoms with Gasteiger partial charge in [-0.2, -0.15) is 4.98 Å². The molecule has 0 saturated heterocycles. The zero-order valence-corrected chi connectivity index (χ0v) is 20.5. The molecule has 1 N–H and O–H groups in total. The summed E-state index contributed by atoms with van der Waals surface area (Å²) in [6.45, 7) is 1.04. The van der Waals surface area contributed by atoms with Crippen LogP contribution < -0.4 is 10.1 Å². The Morgan fingerprint density at radius 1 is 1.26 bits per heavy atom. The fourth-order valence-corrected chi connectivity index (χ4v) is 3.02. The summed E-state index contributed by atoms with van der Waals surface area (Å²) in [5.74, 6) is 1.54. The summed E-state index contributed by atoms with van der Waals surface area (Å²) in [6, 6.07) is 12.1. The molecule has 0 aliphatic carbocycles. The van der Waals surface area contributed by atoms with Gasteiger partial charge in [-0.3, -0.25) is 4.99 Å². The van der Waals surface area contributed by atoms with Gasteiger partial charge in [0.2, 0.25) is 11.7 Å². The maximum absolute atomic E-state index is 13.9. The first-order valence-corrected chi connectivity index (χ1v) is 9.70. The first-order valence-electron chi connectivity index (χ1n) is 9.33. The highest BCUT2D eigenvalue weighted by molar-refractivity contribution is 14.0. The van der Waals surface area contributed by atoms with Crippen LogP contribution in [0, 0.1) is 5.82 Å². The number of benzene rings is 2. The van der Waals surface area contributed by atoms with Gasteiger partial charge in [0.05, 0.1) is 7.11 Å². The van der Waals surface area contributed by atoms with Crippen LogP contribution in [-0.2, 0) is 13.0 Å². The van der Waals surface area contributed by atoms with Crippen LogP contribution in [0.1, 0.15) is 11.5 Å². The summed E-state index contributed by atoms with van der Waals surface area (Å²) in [5.41, 5.74) is 1.65. The van der Waals surface area contributed by atoms with Crippen molar-refractivity contribution in [2.24, 2.45) is 4.99 Å². The number of guanidine groups is 1. The molecular weight excluding hydrogens is 536 g/mol. The molecule has 0 aliphatic rings. The van der Waals surface area contributed by atoms with Crippen molar-refractivity contribution >= 4 is 41.5 Å². The van der Waals surface area contributed by atoms with Gasteiger partial charge in [0.15, 0.2) is 17.5 Å². The summed E-state index contributed by atoms with van der Waals surface area (Å²) in [7, 11) is 5.01. The lowest BCUT2D eigenvalue weighted by Crippen LogP contribution is -2.39. The average molecular weight is 560 g/mol. The van der Waals surface area contributed by atoms with Crippen LogP contribution in [0.15, 0.2) is 52.0 Å². The fraction of sp³-hybridized carbons (Fsp3) is 0.286. The van der Waals surface area contributed by atoms with Gasteiger partial charge < -0.3 is 19.5 Å². The third-order valence-corrected chi connectivity index (χ3v) is 4.65. The Hall–Kier alpha value is -2.40. The minimum absolute atomic E-state index is 0. The molecule has 1 heterocycles. The molecule has 0 amide bonds. The number of hydrogen-bond donors (Lipinski definition) is 1. The summed E-state index contributed by atoms with van der Waals surface area (Å²) < 4.78 is 24.2. The van der Waals surface area contributed by atoms with Crippen molar-refractivity contribution in [3.05, 3.63) is 64.8 Å². The Kier molecular flexibility index (Phi) is 9.50. The first kappa shape index (κ1) is 24.9. The normalized spacial score (nSPS) is 11.1. The lowest BCUT2D eigenvalue weighted by atomic mass is 10.2. The summed E-state index contributed by atoms with van der Waals surface area (Å²) in [6.07, 6.45) is 0.532. The number of aromatic nitrogens is 2. The van der Waals surface area contributed by atoms with E-state index >= 15 is 0 Å². The number of ether oxygens (including phenoxy) is 1. The van der Waals surface area contributed by atoms with E-state index in [0.29, 0.717) is 42.2 Å². The lowest BCUT2D eigenvalue weighted by Gasteiger charge is -2.22. The molecule has 10 heteroatoms. The highest BCUT2D eigenvalue weighted by Crippen LogP contribution is 2.19. The van der Waals surface area contributed by atoms with Crippen molar-refractivity contribution in [2.75, 3.05) is 27.7 Å². The van der Waals surface area contributed by atoms with Crippen LogP contribution in [0.25, 0.3) is 11.4 Å². The van der Waals surface area contributed by atoms with Crippen molar-refractivity contribution in [3.63, 3.8) is 0 Å². The van der Waals surface area contributed by atoms with Gasteiger partial charge in [-0.05, 0) is 42.0 Å². The van der Waals surface area contributed by atoms with Crippen molar-refractivity contribution in [1.29, 1.82) is 0 Å². The molecule has 31 heavy (non-hydrogen) atoms. The van der Waals surface area contributed by atoms with Gasteiger partial charge in [-0.15, -0.1) is 24.0 Å². The van der Waals surface area contributed by atoms with Crippen molar-refractivity contribution < 1.29 is 13.7 Å². The molecule has 0 saturated carbocycles. The monoisotopic (exact) mass is 559 g/mol. The summed E-state index contributed by atoms with van der Waals surface area (Å²) >= 11 is 5.90. The third-order valence-electron chi connectivity index (χ3n) is 4.40. The highest BCUT2D eigenvalue weighted by atomic mass is 127. The van der Waals surface area contributed by atoms with Crippen molar-refractivity contribution in [3.8, 4) is 17.1 Å². The molecule has 0 radical (unpaired) electrons. The average Bonchev–Trinajstić information content (AvgIpc) is 3.20. The van der Waals surface area contributed by atoms with Gasteiger partial charge in [0, 0.05) is 44.2 Å². The van der Waals surface area contributed by atoms with E-state index in [9.17, 15) is 4.39 Å². The number of methoxy groups -OCH3 is 1. The van der Waals surface area contributed by atoms with E-state index in [2.05, 4.69) is 20.4 Å². The molecule has 0 unspecified atom stereocenters. The van der Waals surface area contributed by atoms with E-state index in [4.69, 9.17) is 20.9 Å². The molecule has 0 spiro atoms. The van der Waals surface area contributed by atoms with Crippen LogP contribution in [0.5, 0.6) is 5.75 Å². The second-order valence-corrected chi connectivity index (χ2v) is 7.00. The smallest absolute Gasteiger partial charge is 0.228 e. The molecule has 2 aromatic carbocycles. The van der Waals surface area contributed by atoms with E-state index in [-0.39, 0.29) is 35.5 Å². The van der Waals surface area contributed by atoms with E-state index in [1.54, 1.807) is 25.2 Å². The second kappa shape index (κ2) is 11.8. The molecule has 0 atom stereocenters. The van der Waals surface area contributed by atoms with Crippen molar-refractivity contribution in [2.45, 2.75) is 13.0 Å². The number of nitrogens with zero attached hydrogens (tertiary/aromatic N) is 4. The van der Waals surface area contributed by atoms with Gasteiger partial charge in [0.25, 0.3) is 0 Å². The fourth-order valence-electron chi connectivity index (χ4n) is 2.90. The minimum atomic E-state index is -0.390. The SMILES string of the molecule is CN=C(NCCc1nc(-c2ccc(Cl)cc2)no1)N(C)Cc1ccc(OC)c(F)c1.I. The number of nitrogens with one attached hydrogen (secondary N) is 1. The van der Waals surface area contributed by atoms with E-state index in [1.807, 2.05) is 30.1 Å². The molecule has 0 fully saturated rings. The Morgan fingerprint density at radius 3 is 2.65 bits per heavy atom. The Bertz CT molecular complexity index is 1010. The Balaban J connectivity index is 0.00000341. The molecule has 0 bridgehead atoms. The molecule has 3 aromatic rings. The predicted molar refractivity (Wildman–Crippen MR) is 130 cm³/mol. The maximum Gasteiger partial charge on any atom is 0.228 e. The standard InChI is InChI=1S/C21H23ClFN5O2.HI/c1-24-21(28(2)13-14-4-9-18(29-3)17(23)12-14)25-11-10-19-26-20(27-30-19)15-5-7-16(22)8-6-15;/h4-9,12H,10-11,13H2,1-3H3,(H,24,25);1H. The molecule has 7 nitrogen and oxygen atoms in total. The lowest BCUT2D eigenvalue weighted by molar-refractivity contribution is 0.377. The highest BCUT2D eigenvalue weighted by Gasteiger charge is 2.11. The van der Waals surface area contributed by atoms with Crippen molar-refractivity contribution in [1.82, 2.24) is 20.4 Å². The molecule has 1 aromatic heterocycles. The van der Waals surface area contributed by atoms with Crippen LogP contribution in [0.4, 0.5) is 4.39 Å². The molecule has 166 valence electrons. The third kappa shape index (κ3) is 6.79. The number of halogens is 3. The number of aliphatic imine (C=N–C) groups is 1. The zero-order chi connectivity index (χ0) is 21.5. The van der Waals surface area contributed by atoms with Gasteiger partial charge >= 0.3 is 0 Å². The van der Waals surface area contributed by atoms with Crippen LogP contribution in [-0.4, -0.2) is 48.8 Å². The first-order chi connectivity index (χ1) is 14.5. The number of hydrogen-bond acceptors (Lipinski definition) is 5. The quantitative estimate of drug-likeness (QED) is 0.263. The minimum Gasteiger partial charge on any atom is -0.494 e. The largest absolute Gasteiger partial charge is 0.494 e. The molecule has 3 rings (SSSR count). The zero-order valence-electron chi connectivity index (χ0n) is 17.4. The van der Waals surface area contributed by atoms with E-state index in [1.165, 1.54) is 13.2 Å². The second-order valence-electron chi connectivity index (χ2n) is 6.57. The van der Waals surface area contributed by atoms with E-state index in [0.717, 1.165) is 11.1 Å². The topological polar surface area (TPSA) is 75.8 Å². The summed E-state index contributed by atoms with van der Waals surface area (Å²) in [4.78, 5) is 10.6. The van der Waals surface area contributed by atoms with Gasteiger partial charge in [-0.1, -0.05) is 22.8 Å². The molecular formula is C21H24ClFIN5O2. The maximum atomic E-state index is 13.9. The summed E-state index contributed by atoms with van der Waals surface area (Å²) in [5, 5.41) is 7.90. The Labute approximate surface area is 202 Å². The molecule has 0 aliphatic heterocycles. The van der Waals surface area contributed by atoms with Crippen LogP contribution in [0.2, 0.25) is 5.02 Å². The van der Waals surface area contributed by atoms with E-state index < -0.39 is 0 Å². The predicted octanol–water partition coefficient (Wildman–Crippen LogP) is 4.41. The van der Waals surface area contributed by atoms with Gasteiger partial charge in [0.1, 0.15) is 0 Å². The number of rotatable bonds is 7. The van der Waals surface area contributed by atoms with Crippen LogP contribution in [0.3, 0.4) is 0 Å². The Morgan fingerprint density at radius 2 is 2.00 bits per heavy atom.